The van der Waals surface area contributed by atoms with Crippen molar-refractivity contribution in [1.29, 1.82) is 0 Å². The number of nitrogens with two attached hydrogens (primary N) is 1. The summed E-state index contributed by atoms with van der Waals surface area (Å²) in [5.41, 5.74) is 33.9. The lowest BCUT2D eigenvalue weighted by Crippen LogP contribution is -2.21. The second-order valence-electron chi connectivity index (χ2n) is 34.9. The van der Waals surface area contributed by atoms with E-state index in [1.165, 1.54) is 53.9 Å². The SMILES string of the molecule is Brc1ccc2[nH]cc(C=Nc3ccc4c5ccccc5c5nc(-c6c[nH]c7ccccc67)[nH]c5c4c3)c2c1.Cc1[nH]c2ccccc2c1-c1nc2c3ccccc3c3ccc(N=Cc4c[nH]c5ccc(Br)cc45)cc3c2[nH]1.NCC(=O)Nc1cccc(-c2nc(-c3c[nH]c4ccccc34)[nH]c2-c2ccccc2)c1.c1ccc(-c2[nH]c3ccccc3c2-c2nc3c4ccccc4c4ccccc4c3[nH]2)cc1. The molecule has 0 radical (unpaired) electrons. The third-order valence-electron chi connectivity index (χ3n) is 26.5. The highest BCUT2D eigenvalue weighted by atomic mass is 79.9. The van der Waals surface area contributed by atoms with Crippen LogP contribution in [-0.4, -0.2) is 94.7 Å². The third kappa shape index (κ3) is 15.1. The van der Waals surface area contributed by atoms with E-state index in [0.29, 0.717) is 5.69 Å². The van der Waals surface area contributed by atoms with E-state index in [1.807, 2.05) is 122 Å². The van der Waals surface area contributed by atoms with Crippen LogP contribution in [0.25, 0.3) is 242 Å². The van der Waals surface area contributed by atoms with Crippen molar-refractivity contribution >= 4 is 230 Å². The third-order valence-corrected chi connectivity index (χ3v) is 27.5. The summed E-state index contributed by atoms with van der Waals surface area (Å²) in [6.07, 6.45) is 11.9. The predicted molar refractivity (Wildman–Crippen MR) is 586 cm³/mol. The number of aromatic amines is 10. The Balaban J connectivity index is 0.0000000990. The lowest BCUT2D eigenvalue weighted by Gasteiger charge is -2.07. The molecule has 668 valence electrons. The number of aryl methyl sites for hydroxylation is 1. The highest BCUT2D eigenvalue weighted by molar-refractivity contribution is 9.10. The summed E-state index contributed by atoms with van der Waals surface area (Å²) in [5, 5.41) is 23.7. The molecule has 1 amide bonds. The zero-order valence-corrected chi connectivity index (χ0v) is 78.3. The van der Waals surface area contributed by atoms with E-state index in [9.17, 15) is 4.79 Å². The molecule has 10 heterocycles. The number of benzene rings is 18. The zero-order chi connectivity index (χ0) is 93.6. The number of carbonyl (C=O) groups excluding carboxylic acids is 1. The number of imidazole rings is 4. The summed E-state index contributed by atoms with van der Waals surface area (Å²) in [5.74, 6) is 3.16. The fraction of sp³-hybridized carbons (Fsp3) is 0.0168. The molecule has 18 aromatic carbocycles. The summed E-state index contributed by atoms with van der Waals surface area (Å²) >= 11 is 7.16. The molecule has 0 unspecified atom stereocenters. The first-order valence-corrected chi connectivity index (χ1v) is 47.8. The van der Waals surface area contributed by atoms with Crippen LogP contribution in [0.3, 0.4) is 0 Å². The molecule has 21 heteroatoms. The fourth-order valence-electron chi connectivity index (χ4n) is 20.0. The van der Waals surface area contributed by atoms with Gasteiger partial charge in [0.15, 0.2) is 0 Å². The molecule has 0 spiro atoms. The number of halogens is 2. The predicted octanol–water partition coefficient (Wildman–Crippen LogP) is 30.8. The molecule has 28 aromatic rings. The van der Waals surface area contributed by atoms with Gasteiger partial charge in [0.25, 0.3) is 0 Å². The minimum atomic E-state index is -0.234. The number of aromatic nitrogens is 14. The molecule has 140 heavy (non-hydrogen) atoms. The van der Waals surface area contributed by atoms with Crippen LogP contribution < -0.4 is 11.1 Å². The topological polar surface area (TPSA) is 289 Å². The van der Waals surface area contributed by atoms with E-state index < -0.39 is 0 Å². The number of aliphatic imine (C=N–C) groups is 2. The maximum absolute atomic E-state index is 11.7. The molecule has 19 nitrogen and oxygen atoms in total. The number of para-hydroxylation sites is 4. The van der Waals surface area contributed by atoms with E-state index in [4.69, 9.17) is 35.7 Å². The van der Waals surface area contributed by atoms with Crippen LogP contribution in [0.5, 0.6) is 0 Å². The van der Waals surface area contributed by atoms with Crippen molar-refractivity contribution in [3.63, 3.8) is 0 Å². The highest BCUT2D eigenvalue weighted by Gasteiger charge is 2.25. The monoisotopic (exact) mass is 1940 g/mol. The van der Waals surface area contributed by atoms with Gasteiger partial charge in [-0.2, -0.15) is 0 Å². The van der Waals surface area contributed by atoms with Gasteiger partial charge in [-0.1, -0.05) is 287 Å². The maximum atomic E-state index is 11.7. The van der Waals surface area contributed by atoms with Gasteiger partial charge in [0, 0.05) is 194 Å². The lowest BCUT2D eigenvalue weighted by molar-refractivity contribution is -0.114. The van der Waals surface area contributed by atoms with E-state index in [2.05, 4.69) is 361 Å². The summed E-state index contributed by atoms with van der Waals surface area (Å²) in [6.45, 7) is 2.04. The van der Waals surface area contributed by atoms with E-state index in [1.54, 1.807) is 0 Å². The molecule has 0 aliphatic heterocycles. The molecule has 0 saturated carbocycles. The second-order valence-corrected chi connectivity index (χ2v) is 36.7. The van der Waals surface area contributed by atoms with Gasteiger partial charge in [0.2, 0.25) is 5.91 Å². The Hall–Kier alpha value is -17.9. The minimum absolute atomic E-state index is 0.0629. The number of hydrogen-bond acceptors (Lipinski definition) is 8. The van der Waals surface area contributed by atoms with Crippen molar-refractivity contribution in [1.82, 2.24) is 69.8 Å². The van der Waals surface area contributed by atoms with Crippen molar-refractivity contribution in [2.45, 2.75) is 6.92 Å². The number of anilines is 1. The number of rotatable bonds is 13. The van der Waals surface area contributed by atoms with E-state index in [0.717, 1.165) is 226 Å². The Labute approximate surface area is 815 Å². The van der Waals surface area contributed by atoms with Crippen molar-refractivity contribution in [2.75, 3.05) is 11.9 Å². The molecule has 0 fully saturated rings. The van der Waals surface area contributed by atoms with Crippen LogP contribution in [0.4, 0.5) is 17.1 Å². The van der Waals surface area contributed by atoms with E-state index >= 15 is 0 Å². The molecule has 0 aliphatic carbocycles. The molecular weight excluding hydrogens is 1860 g/mol. The van der Waals surface area contributed by atoms with Crippen molar-refractivity contribution in [2.24, 2.45) is 15.7 Å². The van der Waals surface area contributed by atoms with Crippen LogP contribution in [0.15, 0.2) is 396 Å². The zero-order valence-electron chi connectivity index (χ0n) is 75.1. The van der Waals surface area contributed by atoms with Crippen molar-refractivity contribution in [3.05, 3.63) is 402 Å². The fourth-order valence-corrected chi connectivity index (χ4v) is 20.7. The summed E-state index contributed by atoms with van der Waals surface area (Å²) in [6, 6.07) is 121. The Morgan fingerprint density at radius 3 is 1.22 bits per heavy atom. The smallest absolute Gasteiger partial charge is 0.238 e. The van der Waals surface area contributed by atoms with Crippen LogP contribution in [0.2, 0.25) is 0 Å². The van der Waals surface area contributed by atoms with Crippen LogP contribution in [0, 0.1) is 6.92 Å². The summed E-state index contributed by atoms with van der Waals surface area (Å²) in [4.78, 5) is 77.0. The van der Waals surface area contributed by atoms with Crippen LogP contribution in [-0.2, 0) is 4.79 Å². The van der Waals surface area contributed by atoms with Gasteiger partial charge in [-0.05, 0) is 142 Å². The largest absolute Gasteiger partial charge is 0.361 e. The van der Waals surface area contributed by atoms with Crippen molar-refractivity contribution in [3.8, 4) is 79.3 Å². The highest BCUT2D eigenvalue weighted by Crippen LogP contribution is 2.46. The molecule has 13 N–H and O–H groups in total. The minimum Gasteiger partial charge on any atom is -0.361 e. The van der Waals surface area contributed by atoms with Gasteiger partial charge < -0.3 is 60.9 Å². The summed E-state index contributed by atoms with van der Waals surface area (Å²) in [7, 11) is 0. The quantitative estimate of drug-likeness (QED) is 0.0393. The standard InChI is InChI=1S/C33H22BrN5.C32H20BrN5.C29H19N3.C25H21N5O/c1-18-30(25-8-4-5-9-29(25)37-18)33-38-31-24-7-3-2-6-22(24)23-12-11-21(15-27(23)32(31)39-33)35-16-19-17-36-28-13-10-20(34)14-26(19)28;33-19-9-12-29-25(13-19)18(16-35-29)15-34-20-10-11-22-21-5-1-2-7-24(21)30-31(26(22)14-20)38-32(37-30)27-17-36-28-8-4-3-6-23(27)28;1-2-10-18(11-3-1)26-25(23-16-8-9-17-24(23)30-26)29-31-27-21-14-6-4-12-19(21)20-13-5-7-15-22(20)28(27)32-29;26-14-22(31)28-18-10-6-9-17(13-18)24-23(16-7-2-1-3-8-16)29-25(30-24)20-15-27-21-12-5-4-11-19(20)21/h2-17,36-37H,1H3,(H,38,39);1-17,35-36H,(H,37,38);1-17,30H,(H,31,32);1-13,15,27H,14,26H2,(H,28,31)(H,29,30). The molecule has 0 atom stereocenters. The Kier molecular flexibility index (Phi) is 21.0. The second kappa shape index (κ2) is 35.1. The average Bonchev–Trinajstić information content (AvgIpc) is 1.63. The number of nitrogens with one attached hydrogen (secondary N) is 11. The number of H-pyrrole nitrogens is 10. The first-order valence-electron chi connectivity index (χ1n) is 46.2. The number of fused-ring (bicyclic) bond motifs is 24. The van der Waals surface area contributed by atoms with Crippen molar-refractivity contribution < 1.29 is 4.79 Å². The van der Waals surface area contributed by atoms with Gasteiger partial charge in [-0.25, -0.2) is 19.9 Å². The first kappa shape index (κ1) is 83.9. The van der Waals surface area contributed by atoms with Crippen LogP contribution >= 0.6 is 31.9 Å². The normalized spacial score (nSPS) is 11.9. The molecule has 0 aliphatic rings. The average molecular weight is 1940 g/mol. The maximum Gasteiger partial charge on any atom is 0.238 e. The number of amides is 1. The lowest BCUT2D eigenvalue weighted by atomic mass is 9.99. The van der Waals surface area contributed by atoms with Gasteiger partial charge in [-0.15, -0.1) is 0 Å². The summed E-state index contributed by atoms with van der Waals surface area (Å²) < 4.78 is 2.09. The van der Waals surface area contributed by atoms with Gasteiger partial charge >= 0.3 is 0 Å². The molecule has 28 rings (SSSR count). The number of carbonyl (C=O) groups is 1. The number of hydrogen-bond donors (Lipinski definition) is 12. The van der Waals surface area contributed by atoms with Crippen LogP contribution in [0.1, 0.15) is 16.8 Å². The number of nitrogens with zero attached hydrogens (tertiary/aromatic N) is 6. The van der Waals surface area contributed by atoms with Gasteiger partial charge in [0.1, 0.15) is 23.3 Å². The van der Waals surface area contributed by atoms with Gasteiger partial charge in [0.05, 0.1) is 73.7 Å². The van der Waals surface area contributed by atoms with Gasteiger partial charge in [-0.3, -0.25) is 14.8 Å². The Bertz CT molecular complexity index is 9770. The first-order chi connectivity index (χ1) is 69.0. The molecule has 10 aromatic heterocycles. The molecule has 0 saturated heterocycles. The molecule has 0 bridgehead atoms. The molecular formula is C119H82Br2N18O. The van der Waals surface area contributed by atoms with E-state index in [-0.39, 0.29) is 12.5 Å². The Morgan fingerprint density at radius 1 is 0.314 bits per heavy atom. The Morgan fingerprint density at radius 2 is 0.700 bits per heavy atom.